The highest BCUT2D eigenvalue weighted by Gasteiger charge is 2.47. The van der Waals surface area contributed by atoms with Gasteiger partial charge in [0.1, 0.15) is 5.41 Å². The van der Waals surface area contributed by atoms with Crippen LogP contribution in [0.3, 0.4) is 0 Å². The van der Waals surface area contributed by atoms with Crippen LogP contribution < -0.4 is 5.19 Å². The Balaban J connectivity index is 2.20. The van der Waals surface area contributed by atoms with Crippen molar-refractivity contribution in [2.75, 3.05) is 0 Å². The lowest BCUT2D eigenvalue weighted by atomic mass is 9.76. The monoisotopic (exact) mass is 360 g/mol. The summed E-state index contributed by atoms with van der Waals surface area (Å²) in [5, 5.41) is 11.7. The minimum Gasteiger partial charge on any atom is -0.480 e. The lowest BCUT2D eigenvalue weighted by Gasteiger charge is -2.37. The van der Waals surface area contributed by atoms with E-state index in [1.807, 2.05) is 78.9 Å². The number of hydrogen-bond donors (Lipinski definition) is 1. The molecule has 0 fully saturated rings. The van der Waals surface area contributed by atoms with Gasteiger partial charge >= 0.3 is 5.97 Å². The smallest absolute Gasteiger partial charge is 0.318 e. The molecule has 0 atom stereocenters. The summed E-state index contributed by atoms with van der Waals surface area (Å²) in [6, 6.07) is 30.3. The topological polar surface area (TPSA) is 37.3 Å². The normalized spacial score (nSPS) is 11.9. The van der Waals surface area contributed by atoms with Crippen LogP contribution in [0.5, 0.6) is 0 Å². The molecule has 0 aromatic heterocycles. The van der Waals surface area contributed by atoms with Crippen molar-refractivity contribution in [1.29, 1.82) is 0 Å². The van der Waals surface area contributed by atoms with Gasteiger partial charge in [0, 0.05) is 0 Å². The summed E-state index contributed by atoms with van der Waals surface area (Å²) in [7, 11) is -2.02. The molecule has 3 aromatic rings. The SMILES string of the molecule is C[Si](C)(CC(C(=O)O)(c1ccccc1)c1ccccc1)c1ccccc1. The second-order valence-electron chi connectivity index (χ2n) is 7.37. The van der Waals surface area contributed by atoms with Gasteiger partial charge in [0.05, 0.1) is 8.07 Å². The molecule has 0 aliphatic rings. The average molecular weight is 361 g/mol. The van der Waals surface area contributed by atoms with Crippen LogP contribution in [0, 0.1) is 0 Å². The Hall–Kier alpha value is -2.65. The van der Waals surface area contributed by atoms with Crippen LogP contribution in [0.15, 0.2) is 91.0 Å². The summed E-state index contributed by atoms with van der Waals surface area (Å²) in [6.45, 7) is 4.51. The fraction of sp³-hybridized carbons (Fsp3) is 0.174. The third kappa shape index (κ3) is 3.35. The number of hydrogen-bond acceptors (Lipinski definition) is 1. The van der Waals surface area contributed by atoms with Crippen molar-refractivity contribution in [2.24, 2.45) is 0 Å². The first kappa shape index (κ1) is 18.1. The van der Waals surface area contributed by atoms with Crippen molar-refractivity contribution in [2.45, 2.75) is 24.6 Å². The maximum atomic E-state index is 12.8. The van der Waals surface area contributed by atoms with Gasteiger partial charge in [-0.05, 0) is 17.2 Å². The highest BCUT2D eigenvalue weighted by atomic mass is 28.3. The van der Waals surface area contributed by atoms with Gasteiger partial charge in [-0.3, -0.25) is 4.79 Å². The van der Waals surface area contributed by atoms with E-state index in [0.29, 0.717) is 6.04 Å². The van der Waals surface area contributed by atoms with Crippen LogP contribution in [0.1, 0.15) is 11.1 Å². The zero-order chi connectivity index (χ0) is 18.6. The molecule has 0 aliphatic carbocycles. The molecule has 0 heterocycles. The molecule has 3 heteroatoms. The molecule has 2 nitrogen and oxygen atoms in total. The number of benzene rings is 3. The molecule has 0 aliphatic heterocycles. The fourth-order valence-electron chi connectivity index (χ4n) is 3.79. The Labute approximate surface area is 156 Å². The van der Waals surface area contributed by atoms with E-state index in [1.54, 1.807) is 0 Å². The standard InChI is InChI=1S/C23H24O2Si/c1-26(2,21-16-10-5-11-17-21)18-23(22(24)25,19-12-6-3-7-13-19)20-14-8-4-9-15-20/h3-17H,18H2,1-2H3,(H,24,25). The predicted molar refractivity (Wildman–Crippen MR) is 110 cm³/mol. The molecular formula is C23H24O2Si. The second kappa shape index (κ2) is 7.30. The van der Waals surface area contributed by atoms with Crippen LogP contribution in [0.2, 0.25) is 19.1 Å². The molecule has 132 valence electrons. The third-order valence-electron chi connectivity index (χ3n) is 5.16. The highest BCUT2D eigenvalue weighted by Crippen LogP contribution is 2.40. The van der Waals surface area contributed by atoms with Gasteiger partial charge < -0.3 is 5.11 Å². The van der Waals surface area contributed by atoms with E-state index >= 15 is 0 Å². The number of rotatable bonds is 6. The van der Waals surface area contributed by atoms with E-state index in [2.05, 4.69) is 25.2 Å². The maximum Gasteiger partial charge on any atom is 0.318 e. The molecule has 3 rings (SSSR count). The van der Waals surface area contributed by atoms with Crippen LogP contribution in [0.4, 0.5) is 0 Å². The Morgan fingerprint density at radius 1 is 0.769 bits per heavy atom. The van der Waals surface area contributed by atoms with Crippen molar-refractivity contribution in [1.82, 2.24) is 0 Å². The minimum absolute atomic E-state index is 0.605. The molecule has 0 bridgehead atoms. The van der Waals surface area contributed by atoms with Crippen molar-refractivity contribution >= 4 is 19.2 Å². The summed E-state index contributed by atoms with van der Waals surface area (Å²) in [4.78, 5) is 12.8. The first-order chi connectivity index (χ1) is 12.5. The van der Waals surface area contributed by atoms with Crippen molar-refractivity contribution in [3.8, 4) is 0 Å². The van der Waals surface area contributed by atoms with Gasteiger partial charge in [-0.15, -0.1) is 0 Å². The van der Waals surface area contributed by atoms with E-state index < -0.39 is 19.5 Å². The average Bonchev–Trinajstić information content (AvgIpc) is 2.68. The Kier molecular flexibility index (Phi) is 5.10. The Morgan fingerprint density at radius 3 is 1.54 bits per heavy atom. The largest absolute Gasteiger partial charge is 0.480 e. The molecular weight excluding hydrogens is 336 g/mol. The van der Waals surface area contributed by atoms with Gasteiger partial charge in [-0.1, -0.05) is 109 Å². The van der Waals surface area contributed by atoms with Gasteiger partial charge in [0.25, 0.3) is 0 Å². The third-order valence-corrected chi connectivity index (χ3v) is 8.47. The second-order valence-corrected chi connectivity index (χ2v) is 12.1. The molecule has 0 unspecified atom stereocenters. The predicted octanol–water partition coefficient (Wildman–Crippen LogP) is 4.67. The van der Waals surface area contributed by atoms with Gasteiger partial charge in [0.2, 0.25) is 0 Å². The van der Waals surface area contributed by atoms with E-state index in [9.17, 15) is 9.90 Å². The lowest BCUT2D eigenvalue weighted by molar-refractivity contribution is -0.141. The molecule has 0 spiro atoms. The zero-order valence-corrected chi connectivity index (χ0v) is 16.2. The van der Waals surface area contributed by atoms with E-state index in [-0.39, 0.29) is 0 Å². The van der Waals surface area contributed by atoms with Crippen LogP contribution in [-0.2, 0) is 10.2 Å². The van der Waals surface area contributed by atoms with Gasteiger partial charge in [-0.2, -0.15) is 0 Å². The fourth-order valence-corrected chi connectivity index (χ4v) is 6.98. The first-order valence-corrected chi connectivity index (χ1v) is 12.1. The molecule has 0 amide bonds. The summed E-state index contributed by atoms with van der Waals surface area (Å²) in [5.41, 5.74) is 0.638. The number of carbonyl (C=O) groups is 1. The molecule has 0 saturated heterocycles. The van der Waals surface area contributed by atoms with E-state index in [0.717, 1.165) is 11.1 Å². The molecule has 26 heavy (non-hydrogen) atoms. The highest BCUT2D eigenvalue weighted by molar-refractivity contribution is 6.90. The Bertz CT molecular complexity index is 819. The molecule has 1 N–H and O–H groups in total. The van der Waals surface area contributed by atoms with Crippen molar-refractivity contribution < 1.29 is 9.90 Å². The number of aliphatic carboxylic acids is 1. The number of carboxylic acid groups (broad SMARTS) is 1. The van der Waals surface area contributed by atoms with Crippen LogP contribution in [0.25, 0.3) is 0 Å². The molecule has 3 aromatic carbocycles. The first-order valence-electron chi connectivity index (χ1n) is 8.87. The van der Waals surface area contributed by atoms with Crippen molar-refractivity contribution in [3.05, 3.63) is 102 Å². The lowest BCUT2D eigenvalue weighted by Crippen LogP contribution is -2.50. The zero-order valence-electron chi connectivity index (χ0n) is 15.2. The molecule has 0 radical (unpaired) electrons. The van der Waals surface area contributed by atoms with Crippen molar-refractivity contribution in [3.63, 3.8) is 0 Å². The molecule has 0 saturated carbocycles. The Morgan fingerprint density at radius 2 is 1.15 bits per heavy atom. The van der Waals surface area contributed by atoms with E-state index in [1.165, 1.54) is 5.19 Å². The van der Waals surface area contributed by atoms with Gasteiger partial charge in [0.15, 0.2) is 0 Å². The van der Waals surface area contributed by atoms with Gasteiger partial charge in [-0.25, -0.2) is 0 Å². The summed E-state index contributed by atoms with van der Waals surface area (Å²) >= 11 is 0. The quantitative estimate of drug-likeness (QED) is 0.649. The minimum atomic E-state index is -2.02. The summed E-state index contributed by atoms with van der Waals surface area (Å²) in [6.07, 6.45) is 0. The summed E-state index contributed by atoms with van der Waals surface area (Å²) in [5.74, 6) is -0.786. The maximum absolute atomic E-state index is 12.8. The van der Waals surface area contributed by atoms with E-state index in [4.69, 9.17) is 0 Å². The van der Waals surface area contributed by atoms with Crippen LogP contribution in [-0.4, -0.2) is 19.1 Å². The van der Waals surface area contributed by atoms with Crippen LogP contribution >= 0.6 is 0 Å². The summed E-state index contributed by atoms with van der Waals surface area (Å²) < 4.78 is 0. The number of carboxylic acids is 1.